The lowest BCUT2D eigenvalue weighted by molar-refractivity contribution is 0.301. The molecule has 4 rings (SSSR count). The molecule has 4 nitrogen and oxygen atoms in total. The fraction of sp³-hybridized carbons (Fsp3) is 0.217. The molecule has 1 aliphatic heterocycles. The van der Waals surface area contributed by atoms with E-state index < -0.39 is 15.7 Å². The van der Waals surface area contributed by atoms with Gasteiger partial charge in [-0.3, -0.25) is 0 Å². The van der Waals surface area contributed by atoms with Crippen molar-refractivity contribution in [2.75, 3.05) is 6.61 Å². The fourth-order valence-corrected chi connectivity index (χ4v) is 5.45. The number of fused-ring (bicyclic) bond motifs is 1. The van der Waals surface area contributed by atoms with Crippen molar-refractivity contribution in [2.45, 2.75) is 36.2 Å². The van der Waals surface area contributed by atoms with Crippen LogP contribution in [-0.4, -0.2) is 19.9 Å². The first kappa shape index (κ1) is 20.6. The second-order valence-corrected chi connectivity index (χ2v) is 10.1. The van der Waals surface area contributed by atoms with Crippen LogP contribution in [0.1, 0.15) is 29.3 Å². The van der Waals surface area contributed by atoms with Crippen molar-refractivity contribution in [3.8, 4) is 5.75 Å². The van der Waals surface area contributed by atoms with Gasteiger partial charge in [0.25, 0.3) is 0 Å². The largest absolute Gasteiger partial charge is 0.491 e. The number of sulfone groups is 1. The standard InChI is InChI=1S/C23H22FNO3S2/c1-2-12-28-22-8-7-20(14-21(22)24)30(26,27)19-5-3-17(4-6-19)15-25-11-9-18-10-13-29-23(18)16-25/h3-11,13-14H,2,12,15-16H2,1H3. The van der Waals surface area contributed by atoms with Crippen LogP contribution in [0.3, 0.4) is 0 Å². The van der Waals surface area contributed by atoms with Gasteiger partial charge in [0.05, 0.1) is 22.9 Å². The summed E-state index contributed by atoms with van der Waals surface area (Å²) in [5.41, 5.74) is 2.27. The molecule has 0 aliphatic carbocycles. The van der Waals surface area contributed by atoms with Gasteiger partial charge in [0.2, 0.25) is 9.84 Å². The first-order chi connectivity index (χ1) is 14.5. The van der Waals surface area contributed by atoms with Gasteiger partial charge in [-0.15, -0.1) is 11.3 Å². The Morgan fingerprint density at radius 1 is 1.10 bits per heavy atom. The number of hydrogen-bond donors (Lipinski definition) is 0. The predicted molar refractivity (Wildman–Crippen MR) is 117 cm³/mol. The van der Waals surface area contributed by atoms with Crippen molar-refractivity contribution >= 4 is 27.3 Å². The molecule has 0 unspecified atom stereocenters. The molecule has 0 bridgehead atoms. The van der Waals surface area contributed by atoms with Crippen LogP contribution < -0.4 is 4.74 Å². The number of thiophene rings is 1. The molecule has 1 aromatic heterocycles. The van der Waals surface area contributed by atoms with Gasteiger partial charge in [0.1, 0.15) is 0 Å². The van der Waals surface area contributed by atoms with Crippen LogP contribution in [0.15, 0.2) is 69.9 Å². The van der Waals surface area contributed by atoms with Gasteiger partial charge in [0.15, 0.2) is 11.6 Å². The zero-order valence-corrected chi connectivity index (χ0v) is 18.2. The van der Waals surface area contributed by atoms with Gasteiger partial charge in [-0.2, -0.15) is 0 Å². The lowest BCUT2D eigenvalue weighted by Gasteiger charge is -2.23. The minimum Gasteiger partial charge on any atom is -0.491 e. The number of rotatable bonds is 7. The third-order valence-electron chi connectivity index (χ3n) is 4.89. The van der Waals surface area contributed by atoms with Crippen LogP contribution in [0.4, 0.5) is 4.39 Å². The molecule has 0 radical (unpaired) electrons. The number of hydrogen-bond acceptors (Lipinski definition) is 5. The molecule has 0 amide bonds. The highest BCUT2D eigenvalue weighted by Crippen LogP contribution is 2.28. The summed E-state index contributed by atoms with van der Waals surface area (Å²) in [5.74, 6) is -0.611. The van der Waals surface area contributed by atoms with Crippen LogP contribution >= 0.6 is 11.3 Å². The Bertz CT molecular complexity index is 1170. The number of nitrogens with zero attached hydrogens (tertiary/aromatic N) is 1. The van der Waals surface area contributed by atoms with Crippen LogP contribution in [0.2, 0.25) is 0 Å². The van der Waals surface area contributed by atoms with Gasteiger partial charge in [-0.25, -0.2) is 12.8 Å². The monoisotopic (exact) mass is 443 g/mol. The van der Waals surface area contributed by atoms with Gasteiger partial charge in [0, 0.05) is 17.6 Å². The van der Waals surface area contributed by atoms with Crippen molar-refractivity contribution in [3.63, 3.8) is 0 Å². The quantitative estimate of drug-likeness (QED) is 0.484. The van der Waals surface area contributed by atoms with E-state index in [1.165, 1.54) is 22.6 Å². The second-order valence-electron chi connectivity index (χ2n) is 7.11. The molecule has 1 aliphatic rings. The van der Waals surface area contributed by atoms with Gasteiger partial charge < -0.3 is 9.64 Å². The van der Waals surface area contributed by atoms with Gasteiger partial charge in [-0.05, 0) is 65.4 Å². The molecule has 0 fully saturated rings. The topological polar surface area (TPSA) is 46.6 Å². The molecule has 0 saturated carbocycles. The van der Waals surface area contributed by atoms with E-state index in [1.807, 2.05) is 6.92 Å². The van der Waals surface area contributed by atoms with Crippen LogP contribution in [0, 0.1) is 5.82 Å². The van der Waals surface area contributed by atoms with Gasteiger partial charge >= 0.3 is 0 Å². The molecule has 2 aromatic carbocycles. The summed E-state index contributed by atoms with van der Waals surface area (Å²) in [7, 11) is -3.80. The van der Waals surface area contributed by atoms with Crippen LogP contribution in [0.25, 0.3) is 6.08 Å². The van der Waals surface area contributed by atoms with Crippen molar-refractivity contribution < 1.29 is 17.5 Å². The summed E-state index contributed by atoms with van der Waals surface area (Å²) in [6, 6.07) is 12.6. The average Bonchev–Trinajstić information content (AvgIpc) is 3.21. The average molecular weight is 444 g/mol. The lowest BCUT2D eigenvalue weighted by atomic mass is 10.1. The van der Waals surface area contributed by atoms with Crippen LogP contribution in [-0.2, 0) is 22.9 Å². The summed E-state index contributed by atoms with van der Waals surface area (Å²) >= 11 is 1.74. The van der Waals surface area contributed by atoms with Gasteiger partial charge in [-0.1, -0.05) is 19.1 Å². The molecule has 0 saturated heterocycles. The molecular formula is C23H22FNO3S2. The molecule has 0 atom stereocenters. The fourth-order valence-electron chi connectivity index (χ4n) is 3.28. The van der Waals surface area contributed by atoms with E-state index in [0.29, 0.717) is 13.2 Å². The Balaban J connectivity index is 1.48. The molecule has 7 heteroatoms. The normalized spacial score (nSPS) is 13.3. The van der Waals surface area contributed by atoms with E-state index in [-0.39, 0.29) is 15.5 Å². The van der Waals surface area contributed by atoms with E-state index in [4.69, 9.17) is 4.74 Å². The number of ether oxygens (including phenoxy) is 1. The zero-order valence-electron chi connectivity index (χ0n) is 16.5. The van der Waals surface area contributed by atoms with Crippen molar-refractivity contribution in [1.29, 1.82) is 0 Å². The number of benzene rings is 2. The highest BCUT2D eigenvalue weighted by Gasteiger charge is 2.20. The predicted octanol–water partition coefficient (Wildman–Crippen LogP) is 5.50. The minimum atomic E-state index is -3.80. The molecule has 3 aromatic rings. The highest BCUT2D eigenvalue weighted by atomic mass is 32.2. The smallest absolute Gasteiger partial charge is 0.206 e. The third-order valence-corrected chi connectivity index (χ3v) is 7.57. The summed E-state index contributed by atoms with van der Waals surface area (Å²) < 4.78 is 45.3. The van der Waals surface area contributed by atoms with E-state index in [2.05, 4.69) is 28.6 Å². The summed E-state index contributed by atoms with van der Waals surface area (Å²) in [6.45, 7) is 3.83. The highest BCUT2D eigenvalue weighted by molar-refractivity contribution is 7.91. The molecule has 2 heterocycles. The van der Waals surface area contributed by atoms with E-state index in [1.54, 1.807) is 35.6 Å². The zero-order chi connectivity index (χ0) is 21.1. The Morgan fingerprint density at radius 2 is 1.87 bits per heavy atom. The van der Waals surface area contributed by atoms with Crippen molar-refractivity contribution in [3.05, 3.63) is 81.9 Å². The van der Waals surface area contributed by atoms with Crippen molar-refractivity contribution in [1.82, 2.24) is 4.90 Å². The third kappa shape index (κ3) is 4.27. The van der Waals surface area contributed by atoms with Crippen molar-refractivity contribution in [2.24, 2.45) is 0 Å². The van der Waals surface area contributed by atoms with E-state index >= 15 is 0 Å². The molecule has 30 heavy (non-hydrogen) atoms. The number of halogens is 1. The summed E-state index contributed by atoms with van der Waals surface area (Å²) in [5, 5.41) is 2.09. The Kier molecular flexibility index (Phi) is 5.92. The maximum atomic E-state index is 14.2. The molecular weight excluding hydrogens is 421 g/mol. The molecule has 0 N–H and O–H groups in total. The lowest BCUT2D eigenvalue weighted by Crippen LogP contribution is -2.18. The summed E-state index contributed by atoms with van der Waals surface area (Å²) in [6.07, 6.45) is 4.90. The molecule has 156 valence electrons. The van der Waals surface area contributed by atoms with Crippen LogP contribution in [0.5, 0.6) is 5.75 Å². The van der Waals surface area contributed by atoms with E-state index in [0.717, 1.165) is 24.6 Å². The first-order valence-electron chi connectivity index (χ1n) is 9.72. The Hall–Kier alpha value is -2.64. The molecule has 0 spiro atoms. The van der Waals surface area contributed by atoms with E-state index in [9.17, 15) is 12.8 Å². The first-order valence-corrected chi connectivity index (χ1v) is 12.1. The maximum Gasteiger partial charge on any atom is 0.206 e. The minimum absolute atomic E-state index is 0.0645. The second kappa shape index (κ2) is 8.62. The summed E-state index contributed by atoms with van der Waals surface area (Å²) in [4.78, 5) is 3.57. The Labute approximate surface area is 180 Å². The maximum absolute atomic E-state index is 14.2. The Morgan fingerprint density at radius 3 is 2.60 bits per heavy atom. The SMILES string of the molecule is CCCOc1ccc(S(=O)(=O)c2ccc(CN3C=Cc4ccsc4C3)cc2)cc1F.